The molecule has 0 radical (unpaired) electrons. The molecule has 0 aromatic heterocycles. The van der Waals surface area contributed by atoms with Crippen LogP contribution in [0.4, 0.5) is 0 Å². The standard InChI is InChI=1S/C24H28Si/c1-4-11-20(12-5-1)19-25(22-15-8-3-9-16-22)24-18-10-17-23(24)21-13-6-2-7-14-21/h2-3,6-10,13-17,20,25H,1,4-5,11-12,18-19H2. The van der Waals surface area contributed by atoms with Crippen LogP contribution in [0.5, 0.6) is 0 Å². The molecule has 0 amide bonds. The van der Waals surface area contributed by atoms with Gasteiger partial charge in [-0.25, -0.2) is 0 Å². The molecule has 0 saturated heterocycles. The third kappa shape index (κ3) is 3.87. The zero-order valence-electron chi connectivity index (χ0n) is 15.0. The minimum atomic E-state index is -1.13. The van der Waals surface area contributed by atoms with Crippen molar-refractivity contribution in [2.75, 3.05) is 0 Å². The van der Waals surface area contributed by atoms with E-state index >= 15 is 0 Å². The summed E-state index contributed by atoms with van der Waals surface area (Å²) in [6, 6.07) is 23.9. The smallest absolute Gasteiger partial charge is 0.0802 e. The Morgan fingerprint density at radius 2 is 1.48 bits per heavy atom. The molecule has 1 fully saturated rings. The average molecular weight is 345 g/mol. The monoisotopic (exact) mass is 344 g/mol. The Morgan fingerprint density at radius 1 is 0.800 bits per heavy atom. The maximum Gasteiger partial charge on any atom is 0.0991 e. The Bertz CT molecular complexity index is 736. The number of hydrogen-bond acceptors (Lipinski definition) is 0. The molecule has 25 heavy (non-hydrogen) atoms. The van der Waals surface area contributed by atoms with Crippen molar-refractivity contribution in [2.24, 2.45) is 5.92 Å². The van der Waals surface area contributed by atoms with E-state index < -0.39 is 8.80 Å². The van der Waals surface area contributed by atoms with Crippen LogP contribution in [0.2, 0.25) is 6.04 Å². The molecule has 0 N–H and O–H groups in total. The predicted octanol–water partition coefficient (Wildman–Crippen LogP) is 5.65. The van der Waals surface area contributed by atoms with Gasteiger partial charge in [-0.3, -0.25) is 0 Å². The molecule has 0 heterocycles. The molecular formula is C24H28Si. The van der Waals surface area contributed by atoms with E-state index in [9.17, 15) is 0 Å². The normalized spacial score (nSPS) is 19.4. The molecule has 0 spiro atoms. The molecule has 0 nitrogen and oxygen atoms in total. The summed E-state index contributed by atoms with van der Waals surface area (Å²) >= 11 is 0. The fourth-order valence-electron chi connectivity index (χ4n) is 4.67. The van der Waals surface area contributed by atoms with Crippen LogP contribution < -0.4 is 5.19 Å². The summed E-state index contributed by atoms with van der Waals surface area (Å²) in [5.41, 5.74) is 2.93. The molecule has 2 aromatic rings. The predicted molar refractivity (Wildman–Crippen MR) is 112 cm³/mol. The van der Waals surface area contributed by atoms with E-state index in [0.717, 1.165) is 5.92 Å². The maximum absolute atomic E-state index is 2.40. The van der Waals surface area contributed by atoms with E-state index in [2.05, 4.69) is 72.8 Å². The Kier molecular flexibility index (Phi) is 5.32. The third-order valence-electron chi connectivity index (χ3n) is 5.97. The summed E-state index contributed by atoms with van der Waals surface area (Å²) in [5, 5.41) is 3.41. The van der Waals surface area contributed by atoms with Gasteiger partial charge in [-0.1, -0.05) is 115 Å². The second-order valence-corrected chi connectivity index (χ2v) is 10.6. The second kappa shape index (κ2) is 8.01. The number of allylic oxidation sites excluding steroid dienone is 4. The minimum Gasteiger partial charge on any atom is -0.0802 e. The molecular weight excluding hydrogens is 316 g/mol. The topological polar surface area (TPSA) is 0 Å². The molecule has 1 unspecified atom stereocenters. The first-order chi connectivity index (χ1) is 12.4. The van der Waals surface area contributed by atoms with Crippen molar-refractivity contribution in [1.82, 2.24) is 0 Å². The van der Waals surface area contributed by atoms with Gasteiger partial charge in [0.05, 0.1) is 8.80 Å². The highest BCUT2D eigenvalue weighted by atomic mass is 28.3. The van der Waals surface area contributed by atoms with Gasteiger partial charge in [0.1, 0.15) is 0 Å². The summed E-state index contributed by atoms with van der Waals surface area (Å²) in [5.74, 6) is 0.954. The van der Waals surface area contributed by atoms with E-state index in [0.29, 0.717) is 0 Å². The Morgan fingerprint density at radius 3 is 2.20 bits per heavy atom. The van der Waals surface area contributed by atoms with Crippen molar-refractivity contribution < 1.29 is 0 Å². The third-order valence-corrected chi connectivity index (χ3v) is 9.69. The molecule has 0 aliphatic heterocycles. The largest absolute Gasteiger partial charge is 0.0991 e. The van der Waals surface area contributed by atoms with E-state index in [4.69, 9.17) is 0 Å². The molecule has 4 rings (SSSR count). The Labute approximate surface area is 153 Å². The summed E-state index contributed by atoms with van der Waals surface area (Å²) < 4.78 is 0. The van der Waals surface area contributed by atoms with Crippen LogP contribution in [-0.2, 0) is 0 Å². The van der Waals surface area contributed by atoms with Crippen molar-refractivity contribution in [1.29, 1.82) is 0 Å². The first-order valence-electron chi connectivity index (χ1n) is 9.92. The molecule has 2 aliphatic rings. The first kappa shape index (κ1) is 16.6. The molecule has 1 atom stereocenters. The summed E-state index contributed by atoms with van der Waals surface area (Å²) in [7, 11) is -1.13. The van der Waals surface area contributed by atoms with Gasteiger partial charge in [-0.15, -0.1) is 0 Å². The van der Waals surface area contributed by atoms with Gasteiger partial charge < -0.3 is 0 Å². The molecule has 128 valence electrons. The molecule has 2 aliphatic carbocycles. The molecule has 1 saturated carbocycles. The van der Waals surface area contributed by atoms with Crippen molar-refractivity contribution in [2.45, 2.75) is 44.6 Å². The lowest BCUT2D eigenvalue weighted by molar-refractivity contribution is 0.384. The SMILES string of the molecule is C1=CC(c2ccccc2)=C([SiH](CC2CCCCC2)c2ccccc2)C1. The van der Waals surface area contributed by atoms with Crippen LogP contribution in [0.1, 0.15) is 44.1 Å². The first-order valence-corrected chi connectivity index (χ1v) is 11.9. The lowest BCUT2D eigenvalue weighted by Crippen LogP contribution is -2.35. The summed E-state index contributed by atoms with van der Waals surface area (Å²) in [6.45, 7) is 0. The van der Waals surface area contributed by atoms with Gasteiger partial charge in [-0.2, -0.15) is 0 Å². The van der Waals surface area contributed by atoms with Crippen molar-refractivity contribution >= 4 is 19.6 Å². The molecule has 2 aromatic carbocycles. The number of hydrogen-bond donors (Lipinski definition) is 0. The second-order valence-electron chi connectivity index (χ2n) is 7.61. The van der Waals surface area contributed by atoms with Crippen molar-refractivity contribution in [3.8, 4) is 0 Å². The van der Waals surface area contributed by atoms with E-state index in [1.807, 2.05) is 0 Å². The number of rotatable bonds is 5. The van der Waals surface area contributed by atoms with E-state index in [1.54, 1.807) is 10.4 Å². The Balaban J connectivity index is 1.69. The summed E-state index contributed by atoms with van der Waals surface area (Å²) in [4.78, 5) is 0. The van der Waals surface area contributed by atoms with Crippen LogP contribution in [-0.4, -0.2) is 8.80 Å². The highest BCUT2D eigenvalue weighted by molar-refractivity contribution is 6.81. The highest BCUT2D eigenvalue weighted by Crippen LogP contribution is 2.35. The van der Waals surface area contributed by atoms with Crippen LogP contribution in [0.3, 0.4) is 0 Å². The van der Waals surface area contributed by atoms with Gasteiger partial charge in [0.25, 0.3) is 0 Å². The number of benzene rings is 2. The highest BCUT2D eigenvalue weighted by Gasteiger charge is 2.27. The van der Waals surface area contributed by atoms with E-state index in [-0.39, 0.29) is 0 Å². The Hall–Kier alpha value is -1.86. The van der Waals surface area contributed by atoms with Gasteiger partial charge in [0.2, 0.25) is 0 Å². The van der Waals surface area contributed by atoms with Crippen molar-refractivity contribution in [3.05, 3.63) is 83.6 Å². The van der Waals surface area contributed by atoms with E-state index in [1.165, 1.54) is 55.7 Å². The fourth-order valence-corrected chi connectivity index (χ4v) is 8.51. The average Bonchev–Trinajstić information content (AvgIpc) is 3.18. The minimum absolute atomic E-state index is 0.954. The summed E-state index contributed by atoms with van der Waals surface area (Å²) in [6.07, 6.45) is 13.2. The zero-order chi connectivity index (χ0) is 16.9. The lowest BCUT2D eigenvalue weighted by atomic mass is 9.91. The molecule has 0 bridgehead atoms. The molecule has 1 heteroatoms. The fraction of sp³-hybridized carbons (Fsp3) is 0.333. The van der Waals surface area contributed by atoms with Crippen LogP contribution in [0, 0.1) is 5.92 Å². The quantitative estimate of drug-likeness (QED) is 0.614. The van der Waals surface area contributed by atoms with Crippen molar-refractivity contribution in [3.63, 3.8) is 0 Å². The van der Waals surface area contributed by atoms with Crippen LogP contribution in [0.25, 0.3) is 5.57 Å². The van der Waals surface area contributed by atoms with Crippen LogP contribution in [0.15, 0.2) is 78.0 Å². The zero-order valence-corrected chi connectivity index (χ0v) is 16.2. The van der Waals surface area contributed by atoms with Gasteiger partial charge in [0, 0.05) is 0 Å². The maximum atomic E-state index is 2.40. The van der Waals surface area contributed by atoms with Gasteiger partial charge >= 0.3 is 0 Å². The van der Waals surface area contributed by atoms with Crippen LogP contribution >= 0.6 is 0 Å². The van der Waals surface area contributed by atoms with Gasteiger partial charge in [-0.05, 0) is 29.5 Å². The van der Waals surface area contributed by atoms with Gasteiger partial charge in [0.15, 0.2) is 0 Å². The lowest BCUT2D eigenvalue weighted by Gasteiger charge is -2.28.